The Morgan fingerprint density at radius 1 is 0.775 bits per heavy atom. The predicted molar refractivity (Wildman–Crippen MR) is 162 cm³/mol. The van der Waals surface area contributed by atoms with Crippen LogP contribution in [0.15, 0.2) is 60.7 Å². The van der Waals surface area contributed by atoms with E-state index in [1.165, 1.54) is 32.1 Å². The van der Waals surface area contributed by atoms with E-state index in [2.05, 4.69) is 33.9 Å². The molecule has 3 amide bonds. The summed E-state index contributed by atoms with van der Waals surface area (Å²) in [6.45, 7) is 0.322. The van der Waals surface area contributed by atoms with Crippen LogP contribution in [-0.2, 0) is 27.3 Å². The Kier molecular flexibility index (Phi) is 10.9. The number of thiol groups is 1. The number of hydrogen-bond acceptors (Lipinski definition) is 5. The van der Waals surface area contributed by atoms with E-state index in [0.717, 1.165) is 23.0 Å². The van der Waals surface area contributed by atoms with E-state index in [1.807, 2.05) is 60.7 Å². The van der Waals surface area contributed by atoms with E-state index in [1.54, 1.807) is 0 Å². The van der Waals surface area contributed by atoms with Gasteiger partial charge in [-0.2, -0.15) is 12.6 Å². The fourth-order valence-corrected chi connectivity index (χ4v) is 7.39. The van der Waals surface area contributed by atoms with Crippen LogP contribution in [0.1, 0.15) is 43.2 Å². The highest BCUT2D eigenvalue weighted by Gasteiger charge is 2.49. The molecule has 4 saturated carbocycles. The van der Waals surface area contributed by atoms with Crippen molar-refractivity contribution in [3.63, 3.8) is 0 Å². The first-order valence-electron chi connectivity index (χ1n) is 14.3. The van der Waals surface area contributed by atoms with E-state index in [9.17, 15) is 14.4 Å². The van der Waals surface area contributed by atoms with Gasteiger partial charge in [0.2, 0.25) is 17.7 Å². The Bertz CT molecular complexity index is 1110. The summed E-state index contributed by atoms with van der Waals surface area (Å²) in [5, 5.41) is 12.1. The fraction of sp³-hybridized carbons (Fsp3) is 0.516. The zero-order valence-electron chi connectivity index (χ0n) is 22.8. The molecular formula is C31H41ClN4O3S. The molecule has 4 fully saturated rings. The van der Waals surface area contributed by atoms with Crippen LogP contribution >= 0.6 is 25.0 Å². The van der Waals surface area contributed by atoms with Gasteiger partial charge in [0.15, 0.2) is 0 Å². The summed E-state index contributed by atoms with van der Waals surface area (Å²) in [5.74, 6) is 2.25. The van der Waals surface area contributed by atoms with Crippen LogP contribution < -0.4 is 21.3 Å². The molecule has 40 heavy (non-hydrogen) atoms. The molecule has 0 aromatic heterocycles. The van der Waals surface area contributed by atoms with Gasteiger partial charge in [0.05, 0.1) is 12.6 Å². The maximum atomic E-state index is 13.6. The van der Waals surface area contributed by atoms with Gasteiger partial charge in [0, 0.05) is 24.8 Å². The maximum Gasteiger partial charge on any atom is 0.243 e. The Hall–Kier alpha value is -2.55. The smallest absolute Gasteiger partial charge is 0.243 e. The first-order chi connectivity index (χ1) is 19.0. The van der Waals surface area contributed by atoms with Crippen LogP contribution in [0.25, 0.3) is 0 Å². The molecule has 7 nitrogen and oxygen atoms in total. The van der Waals surface area contributed by atoms with E-state index >= 15 is 0 Å². The van der Waals surface area contributed by atoms with Crippen molar-refractivity contribution in [1.82, 2.24) is 21.3 Å². The second kappa shape index (κ2) is 14.4. The predicted octanol–water partition coefficient (Wildman–Crippen LogP) is 3.28. The van der Waals surface area contributed by atoms with Gasteiger partial charge < -0.3 is 21.3 Å². The average molecular weight is 585 g/mol. The van der Waals surface area contributed by atoms with Gasteiger partial charge in [-0.1, -0.05) is 60.7 Å². The SMILES string of the molecule is Cl.O=C(CNC(=O)[C@@H](CS)NCc1ccccc1)N[C@@H](Cc1ccccc1)C(=O)NC1C2CC3CC(C2)CC1C3. The highest BCUT2D eigenvalue weighted by molar-refractivity contribution is 7.80. The molecule has 0 saturated heterocycles. The molecule has 4 aliphatic rings. The first kappa shape index (κ1) is 30.4. The van der Waals surface area contributed by atoms with Crippen molar-refractivity contribution in [3.05, 3.63) is 71.8 Å². The van der Waals surface area contributed by atoms with Crippen molar-refractivity contribution in [1.29, 1.82) is 0 Å². The molecule has 4 bridgehead atoms. The number of hydrogen-bond donors (Lipinski definition) is 5. The Labute approximate surface area is 248 Å². The summed E-state index contributed by atoms with van der Waals surface area (Å²) in [4.78, 5) is 39.2. The number of rotatable bonds is 12. The van der Waals surface area contributed by atoms with Crippen LogP contribution in [0.3, 0.4) is 0 Å². The van der Waals surface area contributed by atoms with E-state index < -0.39 is 12.1 Å². The zero-order valence-corrected chi connectivity index (χ0v) is 24.5. The molecular weight excluding hydrogens is 544 g/mol. The lowest BCUT2D eigenvalue weighted by Crippen LogP contribution is -2.59. The van der Waals surface area contributed by atoms with Crippen LogP contribution in [-0.4, -0.2) is 48.1 Å². The van der Waals surface area contributed by atoms with Crippen molar-refractivity contribution in [2.75, 3.05) is 12.3 Å². The highest BCUT2D eigenvalue weighted by atomic mass is 35.5. The Balaban J connectivity index is 0.00000370. The van der Waals surface area contributed by atoms with Crippen molar-refractivity contribution < 1.29 is 14.4 Å². The van der Waals surface area contributed by atoms with E-state index in [4.69, 9.17) is 0 Å². The molecule has 0 unspecified atom stereocenters. The number of amides is 3. The van der Waals surface area contributed by atoms with Gasteiger partial charge >= 0.3 is 0 Å². The normalized spacial score (nSPS) is 25.8. The first-order valence-corrected chi connectivity index (χ1v) is 14.9. The summed E-state index contributed by atoms with van der Waals surface area (Å²) >= 11 is 4.31. The quantitative estimate of drug-likeness (QED) is 0.247. The van der Waals surface area contributed by atoms with E-state index in [0.29, 0.717) is 30.6 Å². The summed E-state index contributed by atoms with van der Waals surface area (Å²) in [5.41, 5.74) is 2.04. The standard InChI is InChI=1S/C31H40N4O3S.ClH/c36-28(18-33-30(37)27(19-39)32-17-21-9-5-2-6-10-21)34-26(16-20-7-3-1-4-8-20)31(38)35-29-24-12-22-11-23(14-24)15-25(29)13-22;/h1-10,22-27,29,32,39H,11-19H2,(H,33,37)(H,34,36)(H,35,38);1H/t22?,23?,24?,25?,26-,27+,29?;/m0./s1. The van der Waals surface area contributed by atoms with Gasteiger partial charge in [-0.15, -0.1) is 12.4 Å². The van der Waals surface area contributed by atoms with Crippen molar-refractivity contribution in [2.45, 2.75) is 63.2 Å². The van der Waals surface area contributed by atoms with Gasteiger partial charge in [-0.25, -0.2) is 0 Å². The fourth-order valence-electron chi connectivity index (χ4n) is 7.10. The van der Waals surface area contributed by atoms with Crippen LogP contribution in [0.2, 0.25) is 0 Å². The summed E-state index contributed by atoms with van der Waals surface area (Å²) < 4.78 is 0. The number of carbonyl (C=O) groups is 3. The number of nitrogens with one attached hydrogen (secondary N) is 4. The molecule has 216 valence electrons. The molecule has 9 heteroatoms. The molecule has 4 N–H and O–H groups in total. The molecule has 0 spiro atoms. The minimum atomic E-state index is -0.703. The second-order valence-corrected chi connectivity index (χ2v) is 12.0. The Morgan fingerprint density at radius 2 is 1.35 bits per heavy atom. The molecule has 2 atom stereocenters. The second-order valence-electron chi connectivity index (χ2n) is 11.6. The summed E-state index contributed by atoms with van der Waals surface area (Å²) in [6, 6.07) is 18.5. The zero-order chi connectivity index (χ0) is 27.2. The molecule has 0 aliphatic heterocycles. The van der Waals surface area contributed by atoms with Gasteiger partial charge in [0.25, 0.3) is 0 Å². The average Bonchev–Trinajstić information content (AvgIpc) is 2.94. The van der Waals surface area contributed by atoms with Gasteiger partial charge in [-0.3, -0.25) is 14.4 Å². The lowest BCUT2D eigenvalue weighted by Gasteiger charge is -2.54. The third kappa shape index (κ3) is 7.80. The number of carbonyl (C=O) groups excluding carboxylic acids is 3. The lowest BCUT2D eigenvalue weighted by atomic mass is 9.54. The van der Waals surface area contributed by atoms with Crippen LogP contribution in [0.4, 0.5) is 0 Å². The van der Waals surface area contributed by atoms with Gasteiger partial charge in [0.1, 0.15) is 6.04 Å². The third-order valence-electron chi connectivity index (χ3n) is 8.79. The number of benzene rings is 2. The molecule has 6 rings (SSSR count). The van der Waals surface area contributed by atoms with E-state index in [-0.39, 0.29) is 42.7 Å². The topological polar surface area (TPSA) is 99.3 Å². The number of halogens is 1. The molecule has 2 aromatic carbocycles. The van der Waals surface area contributed by atoms with Crippen molar-refractivity contribution >= 4 is 42.8 Å². The molecule has 4 aliphatic carbocycles. The van der Waals surface area contributed by atoms with Crippen LogP contribution in [0, 0.1) is 23.7 Å². The lowest BCUT2D eigenvalue weighted by molar-refractivity contribution is -0.132. The van der Waals surface area contributed by atoms with Crippen LogP contribution in [0.5, 0.6) is 0 Å². The maximum absolute atomic E-state index is 13.6. The monoisotopic (exact) mass is 584 g/mol. The Morgan fingerprint density at radius 3 is 1.93 bits per heavy atom. The third-order valence-corrected chi connectivity index (χ3v) is 9.15. The van der Waals surface area contributed by atoms with Crippen molar-refractivity contribution in [3.8, 4) is 0 Å². The largest absolute Gasteiger partial charge is 0.351 e. The minimum absolute atomic E-state index is 0. The molecule has 0 heterocycles. The van der Waals surface area contributed by atoms with Gasteiger partial charge in [-0.05, 0) is 66.9 Å². The van der Waals surface area contributed by atoms with Crippen molar-refractivity contribution in [2.24, 2.45) is 23.7 Å². The summed E-state index contributed by atoms with van der Waals surface area (Å²) in [6.07, 6.45) is 6.61. The summed E-state index contributed by atoms with van der Waals surface area (Å²) in [7, 11) is 0. The molecule has 2 aromatic rings. The highest BCUT2D eigenvalue weighted by Crippen LogP contribution is 2.53. The molecule has 0 radical (unpaired) electrons. The minimum Gasteiger partial charge on any atom is -0.351 e.